The zero-order chi connectivity index (χ0) is 17.6. The Morgan fingerprint density at radius 3 is 2.64 bits per heavy atom. The second-order valence-corrected chi connectivity index (χ2v) is 6.49. The molecule has 0 aliphatic rings. The van der Waals surface area contributed by atoms with Crippen LogP contribution >= 0.6 is 11.8 Å². The van der Waals surface area contributed by atoms with Crippen LogP contribution in [0.1, 0.15) is 6.92 Å². The number of fused-ring (bicyclic) bond motifs is 1. The number of para-hydroxylation sites is 3. The number of anilines is 1. The van der Waals surface area contributed by atoms with Crippen LogP contribution in [-0.4, -0.2) is 27.8 Å². The van der Waals surface area contributed by atoms with Crippen molar-refractivity contribution in [3.63, 3.8) is 0 Å². The predicted molar refractivity (Wildman–Crippen MR) is 105 cm³/mol. The molecule has 25 heavy (non-hydrogen) atoms. The molecule has 0 N–H and O–H groups in total. The van der Waals surface area contributed by atoms with E-state index in [2.05, 4.69) is 16.1 Å². The Morgan fingerprint density at radius 1 is 1.20 bits per heavy atom. The van der Waals surface area contributed by atoms with Crippen molar-refractivity contribution in [3.05, 3.63) is 67.3 Å². The fourth-order valence-corrected chi connectivity index (χ4v) is 3.68. The zero-order valence-corrected chi connectivity index (χ0v) is 15.1. The van der Waals surface area contributed by atoms with Crippen molar-refractivity contribution in [1.29, 1.82) is 0 Å². The van der Waals surface area contributed by atoms with Gasteiger partial charge in [-0.2, -0.15) is 0 Å². The van der Waals surface area contributed by atoms with Gasteiger partial charge in [-0.05, 0) is 31.2 Å². The number of hydrogen-bond donors (Lipinski definition) is 0. The summed E-state index contributed by atoms with van der Waals surface area (Å²) in [4.78, 5) is 19.1. The lowest BCUT2D eigenvalue weighted by molar-refractivity contribution is -0.116. The molecule has 0 bridgehead atoms. The van der Waals surface area contributed by atoms with Gasteiger partial charge in [0.2, 0.25) is 5.91 Å². The number of hydrogen-bond acceptors (Lipinski definition) is 3. The first-order chi connectivity index (χ1) is 12.2. The van der Waals surface area contributed by atoms with Crippen molar-refractivity contribution in [3.8, 4) is 0 Å². The molecule has 1 heterocycles. The van der Waals surface area contributed by atoms with Gasteiger partial charge >= 0.3 is 0 Å². The van der Waals surface area contributed by atoms with Crippen LogP contribution in [0.25, 0.3) is 11.0 Å². The van der Waals surface area contributed by atoms with Crippen LogP contribution in [-0.2, 0) is 11.3 Å². The number of carbonyl (C=O) groups is 1. The molecule has 0 radical (unpaired) electrons. The predicted octanol–water partition coefficient (Wildman–Crippen LogP) is 4.37. The van der Waals surface area contributed by atoms with E-state index in [9.17, 15) is 4.79 Å². The number of imidazole rings is 1. The van der Waals surface area contributed by atoms with Gasteiger partial charge < -0.3 is 9.47 Å². The van der Waals surface area contributed by atoms with Gasteiger partial charge in [0.15, 0.2) is 5.16 Å². The molecule has 2 aromatic carbocycles. The fourth-order valence-electron chi connectivity index (χ4n) is 2.78. The summed E-state index contributed by atoms with van der Waals surface area (Å²) in [6.45, 7) is 7.13. The van der Waals surface area contributed by atoms with E-state index in [1.807, 2.05) is 67.6 Å². The molecule has 4 nitrogen and oxygen atoms in total. The molecule has 0 atom stereocenters. The molecular formula is C20H21N3OS. The number of rotatable bonds is 7. The Hall–Kier alpha value is -2.53. The van der Waals surface area contributed by atoms with E-state index >= 15 is 0 Å². The van der Waals surface area contributed by atoms with Crippen LogP contribution in [0.3, 0.4) is 0 Å². The monoisotopic (exact) mass is 351 g/mol. The van der Waals surface area contributed by atoms with E-state index in [4.69, 9.17) is 0 Å². The standard InChI is InChI=1S/C20H21N3OS/c1-3-14-23-18-13-9-8-12-17(18)21-20(23)25-15-19(24)22(4-2)16-10-6-5-7-11-16/h3,5-13H,1,4,14-15H2,2H3. The first kappa shape index (κ1) is 17.3. The minimum Gasteiger partial charge on any atom is -0.315 e. The summed E-state index contributed by atoms with van der Waals surface area (Å²) in [5.74, 6) is 0.430. The van der Waals surface area contributed by atoms with Crippen LogP contribution < -0.4 is 4.90 Å². The maximum Gasteiger partial charge on any atom is 0.237 e. The zero-order valence-electron chi connectivity index (χ0n) is 14.3. The largest absolute Gasteiger partial charge is 0.315 e. The van der Waals surface area contributed by atoms with Gasteiger partial charge in [0.05, 0.1) is 16.8 Å². The van der Waals surface area contributed by atoms with Gasteiger partial charge in [0, 0.05) is 18.8 Å². The van der Waals surface area contributed by atoms with Crippen molar-refractivity contribution in [1.82, 2.24) is 9.55 Å². The molecule has 0 unspecified atom stereocenters. The highest BCUT2D eigenvalue weighted by Gasteiger charge is 2.16. The third-order valence-corrected chi connectivity index (χ3v) is 4.90. The van der Waals surface area contributed by atoms with Crippen molar-refractivity contribution < 1.29 is 4.79 Å². The van der Waals surface area contributed by atoms with E-state index < -0.39 is 0 Å². The molecular weight excluding hydrogens is 330 g/mol. The van der Waals surface area contributed by atoms with E-state index in [0.717, 1.165) is 21.9 Å². The van der Waals surface area contributed by atoms with Crippen LogP contribution in [0.2, 0.25) is 0 Å². The maximum absolute atomic E-state index is 12.7. The van der Waals surface area contributed by atoms with Crippen LogP contribution in [0.5, 0.6) is 0 Å². The van der Waals surface area contributed by atoms with Crippen molar-refractivity contribution in [2.24, 2.45) is 0 Å². The highest BCUT2D eigenvalue weighted by Crippen LogP contribution is 2.25. The van der Waals surface area contributed by atoms with Crippen molar-refractivity contribution >= 4 is 34.4 Å². The SMILES string of the molecule is C=CCn1c(SCC(=O)N(CC)c2ccccc2)nc2ccccc21. The van der Waals surface area contributed by atoms with Gasteiger partial charge in [-0.25, -0.2) is 4.98 Å². The highest BCUT2D eigenvalue weighted by molar-refractivity contribution is 7.99. The molecule has 3 aromatic rings. The van der Waals surface area contributed by atoms with Gasteiger partial charge in [0.1, 0.15) is 0 Å². The molecule has 128 valence electrons. The number of thioether (sulfide) groups is 1. The molecule has 1 amide bonds. The average molecular weight is 351 g/mol. The summed E-state index contributed by atoms with van der Waals surface area (Å²) in [7, 11) is 0. The van der Waals surface area contributed by atoms with E-state index in [0.29, 0.717) is 18.8 Å². The summed E-state index contributed by atoms with van der Waals surface area (Å²) < 4.78 is 2.10. The lowest BCUT2D eigenvalue weighted by atomic mass is 10.3. The van der Waals surface area contributed by atoms with Crippen molar-refractivity contribution in [2.45, 2.75) is 18.6 Å². The summed E-state index contributed by atoms with van der Waals surface area (Å²) in [6.07, 6.45) is 1.85. The van der Waals surface area contributed by atoms with Gasteiger partial charge in [0.25, 0.3) is 0 Å². The quantitative estimate of drug-likeness (QED) is 0.469. The summed E-state index contributed by atoms with van der Waals surface area (Å²) in [5, 5.41) is 0.846. The van der Waals surface area contributed by atoms with Gasteiger partial charge in [-0.15, -0.1) is 6.58 Å². The molecule has 1 aromatic heterocycles. The smallest absolute Gasteiger partial charge is 0.237 e. The highest BCUT2D eigenvalue weighted by atomic mass is 32.2. The van der Waals surface area contributed by atoms with E-state index in [-0.39, 0.29) is 5.91 Å². The number of nitrogens with zero attached hydrogens (tertiary/aromatic N) is 3. The fraction of sp³-hybridized carbons (Fsp3) is 0.200. The minimum atomic E-state index is 0.0795. The number of allylic oxidation sites excluding steroid dienone is 1. The molecule has 0 aliphatic carbocycles. The Balaban J connectivity index is 1.78. The Kier molecular flexibility index (Phi) is 5.56. The molecule has 0 saturated heterocycles. The summed E-state index contributed by atoms with van der Waals surface area (Å²) in [6, 6.07) is 17.8. The topological polar surface area (TPSA) is 38.1 Å². The molecule has 5 heteroatoms. The van der Waals surface area contributed by atoms with Crippen LogP contribution in [0, 0.1) is 0 Å². The Bertz CT molecular complexity index is 873. The number of amides is 1. The Labute approximate surface area is 152 Å². The summed E-state index contributed by atoms with van der Waals surface area (Å²) in [5.41, 5.74) is 2.93. The lowest BCUT2D eigenvalue weighted by Gasteiger charge is -2.20. The summed E-state index contributed by atoms with van der Waals surface area (Å²) >= 11 is 1.47. The van der Waals surface area contributed by atoms with E-state index in [1.54, 1.807) is 4.90 Å². The number of aromatic nitrogens is 2. The minimum absolute atomic E-state index is 0.0795. The Morgan fingerprint density at radius 2 is 1.92 bits per heavy atom. The van der Waals surface area contributed by atoms with Gasteiger partial charge in [-0.3, -0.25) is 4.79 Å². The van der Waals surface area contributed by atoms with E-state index in [1.165, 1.54) is 11.8 Å². The molecule has 0 spiro atoms. The number of benzene rings is 2. The normalized spacial score (nSPS) is 10.8. The molecule has 3 rings (SSSR count). The molecule has 0 fully saturated rings. The van der Waals surface area contributed by atoms with Crippen LogP contribution in [0.4, 0.5) is 5.69 Å². The lowest BCUT2D eigenvalue weighted by Crippen LogP contribution is -2.32. The third kappa shape index (κ3) is 3.77. The molecule has 0 saturated carbocycles. The molecule has 0 aliphatic heterocycles. The van der Waals surface area contributed by atoms with Gasteiger partial charge in [-0.1, -0.05) is 48.2 Å². The van der Waals surface area contributed by atoms with Crippen LogP contribution in [0.15, 0.2) is 72.4 Å². The first-order valence-electron chi connectivity index (χ1n) is 8.29. The third-order valence-electron chi connectivity index (χ3n) is 3.94. The average Bonchev–Trinajstić information content (AvgIpc) is 3.00. The number of carbonyl (C=O) groups excluding carboxylic acids is 1. The second kappa shape index (κ2) is 8.03. The second-order valence-electron chi connectivity index (χ2n) is 5.54. The van der Waals surface area contributed by atoms with Crippen molar-refractivity contribution in [2.75, 3.05) is 17.2 Å². The maximum atomic E-state index is 12.7. The first-order valence-corrected chi connectivity index (χ1v) is 9.27.